The van der Waals surface area contributed by atoms with Crippen LogP contribution in [-0.2, 0) is 12.3 Å². The van der Waals surface area contributed by atoms with Crippen LogP contribution in [0.2, 0.25) is 0 Å². The molecule has 21 heavy (non-hydrogen) atoms. The lowest BCUT2D eigenvalue weighted by Crippen LogP contribution is -2.10. The molecule has 0 aliphatic carbocycles. The molecule has 3 rings (SSSR count). The number of aryl methyl sites for hydroxylation is 1. The van der Waals surface area contributed by atoms with Crippen molar-refractivity contribution < 1.29 is 0 Å². The maximum Gasteiger partial charge on any atom is 0.125 e. The smallest absolute Gasteiger partial charge is 0.125 e. The van der Waals surface area contributed by atoms with Gasteiger partial charge in [-0.05, 0) is 66.8 Å². The Hall–Kier alpha value is -0.590. The van der Waals surface area contributed by atoms with Crippen molar-refractivity contribution in [2.45, 2.75) is 32.2 Å². The summed E-state index contributed by atoms with van der Waals surface area (Å²) in [5.74, 6) is 1.40. The zero-order valence-electron chi connectivity index (χ0n) is 11.9. The van der Waals surface area contributed by atoms with Crippen LogP contribution in [0.1, 0.15) is 28.5 Å². The minimum atomic E-state index is 0.349. The van der Waals surface area contributed by atoms with Crippen molar-refractivity contribution >= 4 is 56.6 Å². The van der Waals surface area contributed by atoms with E-state index in [2.05, 4.69) is 76.3 Å². The van der Waals surface area contributed by atoms with E-state index in [1.807, 2.05) is 11.3 Å². The predicted octanol–water partition coefficient (Wildman–Crippen LogP) is 5.55. The summed E-state index contributed by atoms with van der Waals surface area (Å²) in [6.07, 6.45) is 1.01. The van der Waals surface area contributed by atoms with Gasteiger partial charge in [0, 0.05) is 25.8 Å². The van der Waals surface area contributed by atoms with Crippen LogP contribution in [0.4, 0.5) is 0 Å². The number of alkyl halides is 1. The van der Waals surface area contributed by atoms with Crippen molar-refractivity contribution in [3.8, 4) is 0 Å². The molecule has 0 radical (unpaired) electrons. The second-order valence-electron chi connectivity index (χ2n) is 5.23. The Morgan fingerprint density at radius 3 is 2.81 bits per heavy atom. The number of benzene rings is 1. The summed E-state index contributed by atoms with van der Waals surface area (Å²) in [6.45, 7) is 4.39. The number of hydrogen-bond acceptors (Lipinski definition) is 2. The van der Waals surface area contributed by atoms with Gasteiger partial charge in [0.05, 0.1) is 16.9 Å². The Labute approximate surface area is 147 Å². The first-order valence-corrected chi connectivity index (χ1v) is 9.29. The van der Waals surface area contributed by atoms with Gasteiger partial charge in [-0.15, -0.1) is 22.9 Å². The lowest BCUT2D eigenvalue weighted by molar-refractivity contribution is 0.547. The molecule has 2 nitrogen and oxygen atoms in total. The molecule has 2 aromatic heterocycles. The summed E-state index contributed by atoms with van der Waals surface area (Å²) >= 11 is 10.3. The highest BCUT2D eigenvalue weighted by Gasteiger charge is 2.16. The number of thiophene rings is 1. The predicted molar refractivity (Wildman–Crippen MR) is 99.5 cm³/mol. The molecule has 3 aromatic rings. The first kappa shape index (κ1) is 15.3. The van der Waals surface area contributed by atoms with Gasteiger partial charge in [-0.25, -0.2) is 4.98 Å². The molecule has 1 aromatic carbocycles. The number of nitrogens with zero attached hydrogens (tertiary/aromatic N) is 2. The second-order valence-corrected chi connectivity index (χ2v) is 8.12. The topological polar surface area (TPSA) is 17.8 Å². The van der Waals surface area contributed by atoms with Gasteiger partial charge in [0.25, 0.3) is 0 Å². The van der Waals surface area contributed by atoms with E-state index >= 15 is 0 Å². The Bertz CT molecular complexity index is 778. The minimum Gasteiger partial charge on any atom is -0.324 e. The summed E-state index contributed by atoms with van der Waals surface area (Å²) in [7, 11) is 0. The van der Waals surface area contributed by atoms with Crippen LogP contribution in [0.3, 0.4) is 0 Å². The van der Waals surface area contributed by atoms with Crippen LogP contribution in [0.15, 0.2) is 30.3 Å². The third-order valence-electron chi connectivity index (χ3n) is 3.58. The highest BCUT2D eigenvalue weighted by Crippen LogP contribution is 2.27. The summed E-state index contributed by atoms with van der Waals surface area (Å²) in [6, 6.07) is 11.1. The Balaban J connectivity index is 2.01. The monoisotopic (exact) mass is 430 g/mol. The number of hydrogen-bond donors (Lipinski definition) is 0. The van der Waals surface area contributed by atoms with Gasteiger partial charge in [0.1, 0.15) is 5.82 Å². The normalized spacial score (nSPS) is 13.0. The third kappa shape index (κ3) is 3.12. The fourth-order valence-electron chi connectivity index (χ4n) is 2.69. The fourth-order valence-corrected chi connectivity index (χ4v) is 4.36. The molecule has 0 saturated heterocycles. The van der Waals surface area contributed by atoms with Crippen LogP contribution < -0.4 is 0 Å². The fraction of sp³-hybridized carbons (Fsp3) is 0.312. The van der Waals surface area contributed by atoms with Crippen molar-refractivity contribution in [2.24, 2.45) is 0 Å². The molecule has 0 N–H and O–H groups in total. The van der Waals surface area contributed by atoms with E-state index in [1.165, 1.54) is 18.8 Å². The van der Waals surface area contributed by atoms with E-state index in [0.717, 1.165) is 17.8 Å². The molecule has 0 aliphatic rings. The van der Waals surface area contributed by atoms with Crippen LogP contribution in [0.25, 0.3) is 11.0 Å². The molecule has 1 unspecified atom stereocenters. The van der Waals surface area contributed by atoms with Crippen molar-refractivity contribution in [1.29, 1.82) is 0 Å². The molecule has 0 amide bonds. The molecular weight excluding hydrogens is 415 g/mol. The second kappa shape index (κ2) is 6.26. The van der Waals surface area contributed by atoms with E-state index in [-0.39, 0.29) is 0 Å². The lowest BCUT2D eigenvalue weighted by atomic mass is 10.2. The van der Waals surface area contributed by atoms with Crippen molar-refractivity contribution in [1.82, 2.24) is 9.55 Å². The van der Waals surface area contributed by atoms with Gasteiger partial charge in [0.2, 0.25) is 0 Å². The zero-order valence-corrected chi connectivity index (χ0v) is 15.7. The van der Waals surface area contributed by atoms with Gasteiger partial charge < -0.3 is 4.57 Å². The highest BCUT2D eigenvalue weighted by atomic mass is 127. The maximum atomic E-state index is 6.11. The SMILES string of the molecule is Cc1ccc(CC(C)n2c(CCl)nc3cc(I)ccc32)s1. The molecule has 0 fully saturated rings. The van der Waals surface area contributed by atoms with Crippen LogP contribution >= 0.6 is 45.5 Å². The van der Waals surface area contributed by atoms with Gasteiger partial charge >= 0.3 is 0 Å². The van der Waals surface area contributed by atoms with E-state index < -0.39 is 0 Å². The first-order chi connectivity index (χ1) is 10.1. The van der Waals surface area contributed by atoms with Crippen LogP contribution in [0, 0.1) is 10.5 Å². The van der Waals surface area contributed by atoms with Gasteiger partial charge in [-0.2, -0.15) is 0 Å². The molecule has 110 valence electrons. The molecule has 0 bridgehead atoms. The zero-order chi connectivity index (χ0) is 15.0. The van der Waals surface area contributed by atoms with Crippen LogP contribution in [0.5, 0.6) is 0 Å². The van der Waals surface area contributed by atoms with Crippen molar-refractivity contribution in [3.05, 3.63) is 49.5 Å². The standard InChI is InChI=1S/C16H16ClIN2S/c1-10(7-13-5-3-11(2)21-13)20-15-6-4-12(18)8-14(15)19-16(20)9-17/h3-6,8,10H,7,9H2,1-2H3. The average Bonchev–Trinajstić information content (AvgIpc) is 3.01. The molecule has 0 spiro atoms. The summed E-state index contributed by atoms with van der Waals surface area (Å²) in [5.41, 5.74) is 2.21. The Kier molecular flexibility index (Phi) is 4.57. The minimum absolute atomic E-state index is 0.349. The first-order valence-electron chi connectivity index (χ1n) is 6.86. The van der Waals surface area contributed by atoms with Gasteiger partial charge in [-0.1, -0.05) is 0 Å². The number of fused-ring (bicyclic) bond motifs is 1. The van der Waals surface area contributed by atoms with E-state index in [1.54, 1.807) is 0 Å². The van der Waals surface area contributed by atoms with Crippen molar-refractivity contribution in [3.63, 3.8) is 0 Å². The molecule has 1 atom stereocenters. The van der Waals surface area contributed by atoms with E-state index in [0.29, 0.717) is 11.9 Å². The summed E-state index contributed by atoms with van der Waals surface area (Å²) in [4.78, 5) is 7.46. The molecular formula is C16H16ClIN2S. The Morgan fingerprint density at radius 1 is 1.33 bits per heavy atom. The molecule has 2 heterocycles. The average molecular weight is 431 g/mol. The maximum absolute atomic E-state index is 6.11. The largest absolute Gasteiger partial charge is 0.324 e. The Morgan fingerprint density at radius 2 is 2.14 bits per heavy atom. The third-order valence-corrected chi connectivity index (χ3v) is 5.51. The highest BCUT2D eigenvalue weighted by molar-refractivity contribution is 14.1. The number of imidazole rings is 1. The van der Waals surface area contributed by atoms with Crippen molar-refractivity contribution in [2.75, 3.05) is 0 Å². The van der Waals surface area contributed by atoms with Gasteiger partial charge in [0.15, 0.2) is 0 Å². The molecule has 0 saturated carbocycles. The number of aromatic nitrogens is 2. The molecule has 0 aliphatic heterocycles. The van der Waals surface area contributed by atoms with Gasteiger partial charge in [-0.3, -0.25) is 0 Å². The van der Waals surface area contributed by atoms with Crippen LogP contribution in [-0.4, -0.2) is 9.55 Å². The number of rotatable bonds is 4. The van der Waals surface area contributed by atoms with E-state index in [9.17, 15) is 0 Å². The summed E-state index contributed by atoms with van der Waals surface area (Å²) in [5, 5.41) is 0. The quantitative estimate of drug-likeness (QED) is 0.392. The van der Waals surface area contributed by atoms with E-state index in [4.69, 9.17) is 11.6 Å². The number of halogens is 2. The summed E-state index contributed by atoms with van der Waals surface area (Å²) < 4.78 is 3.49. The lowest BCUT2D eigenvalue weighted by Gasteiger charge is -2.16. The molecule has 5 heteroatoms.